The minimum absolute atomic E-state index is 0.0138. The summed E-state index contributed by atoms with van der Waals surface area (Å²) < 4.78 is 5.11. The first kappa shape index (κ1) is 34.3. The van der Waals surface area contributed by atoms with Gasteiger partial charge in [-0.3, -0.25) is 19.2 Å². The molecule has 4 N–H and O–H groups in total. The lowest BCUT2D eigenvalue weighted by Gasteiger charge is -2.29. The van der Waals surface area contributed by atoms with Gasteiger partial charge >= 0.3 is 6.09 Å². The molecule has 2 aromatic rings. The van der Waals surface area contributed by atoms with Crippen LogP contribution in [0.5, 0.6) is 0 Å². The van der Waals surface area contributed by atoms with Gasteiger partial charge in [-0.15, -0.1) is 0 Å². The number of rotatable bonds is 13. The first-order chi connectivity index (χ1) is 20.9. The normalized spacial score (nSPS) is 15.5. The van der Waals surface area contributed by atoms with Gasteiger partial charge < -0.3 is 30.9 Å². The number of ether oxygens (including phenoxy) is 1. The Kier molecular flexibility index (Phi) is 12.5. The lowest BCUT2D eigenvalue weighted by molar-refractivity contribution is -0.142. The average Bonchev–Trinajstić information content (AvgIpc) is 3.48. The molecule has 0 saturated carbocycles. The van der Waals surface area contributed by atoms with E-state index in [2.05, 4.69) is 21.3 Å². The van der Waals surface area contributed by atoms with Crippen molar-refractivity contribution in [2.75, 3.05) is 26.2 Å². The maximum Gasteiger partial charge on any atom is 0.408 e. The van der Waals surface area contributed by atoms with Gasteiger partial charge in [0.05, 0.1) is 6.54 Å². The van der Waals surface area contributed by atoms with Gasteiger partial charge in [0.15, 0.2) is 0 Å². The zero-order valence-corrected chi connectivity index (χ0v) is 26.5. The molecule has 2 aromatic carbocycles. The van der Waals surface area contributed by atoms with Gasteiger partial charge in [0.2, 0.25) is 23.6 Å². The van der Waals surface area contributed by atoms with E-state index in [9.17, 15) is 24.0 Å². The fourth-order valence-corrected chi connectivity index (χ4v) is 5.29. The van der Waals surface area contributed by atoms with E-state index in [1.807, 2.05) is 56.3 Å². The topological polar surface area (TPSA) is 146 Å². The van der Waals surface area contributed by atoms with Crippen molar-refractivity contribution in [3.05, 3.63) is 48.0 Å². The number of nitrogens with zero attached hydrogens (tertiary/aromatic N) is 1. The van der Waals surface area contributed by atoms with Crippen molar-refractivity contribution in [3.8, 4) is 0 Å². The van der Waals surface area contributed by atoms with Crippen molar-refractivity contribution in [2.45, 2.75) is 84.4 Å². The molecule has 0 aliphatic carbocycles. The number of hydrogen-bond donors (Lipinski definition) is 4. The summed E-state index contributed by atoms with van der Waals surface area (Å²) in [7, 11) is 0. The summed E-state index contributed by atoms with van der Waals surface area (Å²) in [4.78, 5) is 65.6. The van der Waals surface area contributed by atoms with Gasteiger partial charge in [0.25, 0.3) is 0 Å². The molecular weight excluding hydrogens is 562 g/mol. The van der Waals surface area contributed by atoms with Gasteiger partial charge in [-0.2, -0.15) is 0 Å². The van der Waals surface area contributed by atoms with Crippen LogP contribution in [0.25, 0.3) is 10.8 Å². The predicted molar refractivity (Wildman–Crippen MR) is 169 cm³/mol. The number of likely N-dealkylation sites (tertiary alicyclic amines) is 1. The third kappa shape index (κ3) is 10.2. The Morgan fingerprint density at radius 1 is 0.932 bits per heavy atom. The van der Waals surface area contributed by atoms with Crippen molar-refractivity contribution >= 4 is 40.5 Å². The Balaban J connectivity index is 1.63. The second-order valence-corrected chi connectivity index (χ2v) is 12.1. The van der Waals surface area contributed by atoms with Gasteiger partial charge in [-0.25, -0.2) is 4.79 Å². The number of alkyl carbamates (subject to hydrolysis) is 1. The van der Waals surface area contributed by atoms with Crippen molar-refractivity contribution in [3.63, 3.8) is 0 Å². The summed E-state index contributed by atoms with van der Waals surface area (Å²) >= 11 is 0. The van der Waals surface area contributed by atoms with Crippen LogP contribution >= 0.6 is 0 Å². The Hall–Kier alpha value is -4.15. The Labute approximate surface area is 259 Å². The minimum atomic E-state index is -0.890. The number of nitrogens with one attached hydrogen (secondary N) is 4. The van der Waals surface area contributed by atoms with Crippen LogP contribution in [0.2, 0.25) is 0 Å². The average molecular weight is 610 g/mol. The molecule has 11 nitrogen and oxygen atoms in total. The highest BCUT2D eigenvalue weighted by Gasteiger charge is 2.37. The molecule has 44 heavy (non-hydrogen) atoms. The standard InChI is InChI=1S/C33H47N5O6/c1-6-23(7-2)31(42)38-18-10-13-27(38)30(41)37-26(20-22-14-15-24-11-8-9-12-25(24)19-22)29(40)35-17-16-34-28(39)21-36-32(43)44-33(3,4)5/h8-9,11-12,14-15,19,23,26-27H,6-7,10,13,16-18,20-21H2,1-5H3,(H,34,39)(H,35,40)(H,36,43)(H,37,41)/t26-,27?/m1/s1. The maximum atomic E-state index is 13.5. The molecule has 2 atom stereocenters. The molecule has 1 unspecified atom stereocenters. The molecule has 0 radical (unpaired) electrons. The summed E-state index contributed by atoms with van der Waals surface area (Å²) in [5.41, 5.74) is 0.199. The smallest absolute Gasteiger partial charge is 0.408 e. The third-order valence-corrected chi connectivity index (χ3v) is 7.60. The van der Waals surface area contributed by atoms with E-state index in [1.165, 1.54) is 0 Å². The number of carbonyl (C=O) groups excluding carboxylic acids is 5. The Morgan fingerprint density at radius 2 is 1.61 bits per heavy atom. The van der Waals surface area contributed by atoms with E-state index in [0.717, 1.165) is 22.8 Å². The van der Waals surface area contributed by atoms with Crippen molar-refractivity contribution in [2.24, 2.45) is 5.92 Å². The molecule has 11 heteroatoms. The Bertz CT molecular complexity index is 1320. The first-order valence-electron chi connectivity index (χ1n) is 15.5. The second-order valence-electron chi connectivity index (χ2n) is 12.1. The number of benzene rings is 2. The molecule has 0 aromatic heterocycles. The quantitative estimate of drug-likeness (QED) is 0.257. The molecular formula is C33H47N5O6. The molecule has 1 fully saturated rings. The SMILES string of the molecule is CCC(CC)C(=O)N1CCCC1C(=O)N[C@H](Cc1ccc2ccccc2c1)C(=O)NCCNC(=O)CNC(=O)OC(C)(C)C. The van der Waals surface area contributed by atoms with Crippen molar-refractivity contribution in [1.29, 1.82) is 0 Å². The molecule has 3 rings (SSSR count). The fourth-order valence-electron chi connectivity index (χ4n) is 5.29. The van der Waals surface area contributed by atoms with E-state index in [4.69, 9.17) is 4.74 Å². The number of carbonyl (C=O) groups is 5. The maximum absolute atomic E-state index is 13.5. The lowest BCUT2D eigenvalue weighted by atomic mass is 10.00. The summed E-state index contributed by atoms with van der Waals surface area (Å²) in [6.45, 7) is 9.62. The number of fused-ring (bicyclic) bond motifs is 1. The zero-order chi connectivity index (χ0) is 32.3. The van der Waals surface area contributed by atoms with Crippen LogP contribution in [0.1, 0.15) is 65.9 Å². The molecule has 0 bridgehead atoms. The summed E-state index contributed by atoms with van der Waals surface area (Å²) in [6, 6.07) is 12.3. The predicted octanol–water partition coefficient (Wildman–Crippen LogP) is 3.05. The highest BCUT2D eigenvalue weighted by atomic mass is 16.6. The third-order valence-electron chi connectivity index (χ3n) is 7.60. The Morgan fingerprint density at radius 3 is 2.30 bits per heavy atom. The van der Waals surface area contributed by atoms with E-state index in [1.54, 1.807) is 25.7 Å². The summed E-state index contributed by atoms with van der Waals surface area (Å²) in [6.07, 6.45) is 2.25. The lowest BCUT2D eigenvalue weighted by Crippen LogP contribution is -2.55. The first-order valence-corrected chi connectivity index (χ1v) is 15.5. The van der Waals surface area contributed by atoms with Crippen LogP contribution in [0, 0.1) is 5.92 Å². The highest BCUT2D eigenvalue weighted by Crippen LogP contribution is 2.23. The molecule has 1 heterocycles. The van der Waals surface area contributed by atoms with E-state index in [-0.39, 0.29) is 43.8 Å². The van der Waals surface area contributed by atoms with Crippen LogP contribution < -0.4 is 21.3 Å². The van der Waals surface area contributed by atoms with E-state index < -0.39 is 35.6 Å². The van der Waals surface area contributed by atoms with Crippen LogP contribution in [-0.4, -0.2) is 78.5 Å². The molecule has 1 aliphatic rings. The molecule has 5 amide bonds. The van der Waals surface area contributed by atoms with Gasteiger partial charge in [-0.1, -0.05) is 56.3 Å². The van der Waals surface area contributed by atoms with Crippen LogP contribution in [0.3, 0.4) is 0 Å². The summed E-state index contributed by atoms with van der Waals surface area (Å²) in [5.74, 6) is -1.32. The number of amides is 5. The van der Waals surface area contributed by atoms with Gasteiger partial charge in [0.1, 0.15) is 17.7 Å². The van der Waals surface area contributed by atoms with Crippen LogP contribution in [0.4, 0.5) is 4.79 Å². The largest absolute Gasteiger partial charge is 0.444 e. The molecule has 1 aliphatic heterocycles. The van der Waals surface area contributed by atoms with E-state index in [0.29, 0.717) is 25.8 Å². The molecule has 1 saturated heterocycles. The second kappa shape index (κ2) is 16.1. The monoisotopic (exact) mass is 609 g/mol. The minimum Gasteiger partial charge on any atom is -0.444 e. The fraction of sp³-hybridized carbons (Fsp3) is 0.545. The van der Waals surface area contributed by atoms with Gasteiger partial charge in [-0.05, 0) is 62.8 Å². The zero-order valence-electron chi connectivity index (χ0n) is 26.5. The highest BCUT2D eigenvalue weighted by molar-refractivity contribution is 5.93. The van der Waals surface area contributed by atoms with Crippen molar-refractivity contribution in [1.82, 2.24) is 26.2 Å². The van der Waals surface area contributed by atoms with Crippen LogP contribution in [0.15, 0.2) is 42.5 Å². The number of hydrogen-bond acceptors (Lipinski definition) is 6. The van der Waals surface area contributed by atoms with Crippen molar-refractivity contribution < 1.29 is 28.7 Å². The molecule has 240 valence electrons. The summed E-state index contributed by atoms with van der Waals surface area (Å²) in [5, 5.41) is 12.8. The van der Waals surface area contributed by atoms with Crippen LogP contribution in [-0.2, 0) is 30.3 Å². The van der Waals surface area contributed by atoms with E-state index >= 15 is 0 Å². The molecule has 0 spiro atoms. The van der Waals surface area contributed by atoms with Gasteiger partial charge in [0, 0.05) is 32.0 Å².